The molecule has 34 atom stereocenters. The third kappa shape index (κ3) is 20.4. The van der Waals surface area contributed by atoms with Crippen molar-refractivity contribution < 1.29 is 168 Å². The molecule has 0 spiro atoms. The third-order valence-electron chi connectivity index (χ3n) is 21.1. The molecule has 22 aliphatic heterocycles. The second-order valence-corrected chi connectivity index (χ2v) is 30.2. The summed E-state index contributed by atoms with van der Waals surface area (Å²) >= 11 is 0. The summed E-state index contributed by atoms with van der Waals surface area (Å²) in [5.74, 6) is -2.13. The van der Waals surface area contributed by atoms with E-state index >= 15 is 0 Å². The predicted octanol–water partition coefficient (Wildman–Crippen LogP) is -7.67. The number of aliphatic hydroxyl groups is 17. The van der Waals surface area contributed by atoms with Gasteiger partial charge >= 0.3 is 0 Å². The summed E-state index contributed by atoms with van der Waals surface area (Å²) in [5, 5.41) is 208. The fraction of sp³-hybridized carbons (Fsp3) is 0.912. The molecule has 0 saturated carbocycles. The molecule has 23 heterocycles. The number of ketones is 2. The second kappa shape index (κ2) is 39.3. The summed E-state index contributed by atoms with van der Waals surface area (Å²) in [6, 6.07) is -0.767. The topological polar surface area (TPSA) is 587 Å². The van der Waals surface area contributed by atoms with Crippen molar-refractivity contribution in [2.24, 2.45) is 29.6 Å². The van der Waals surface area contributed by atoms with Crippen molar-refractivity contribution in [3.05, 3.63) is 11.4 Å². The van der Waals surface area contributed by atoms with Crippen LogP contribution in [0.25, 0.3) is 0 Å². The average Bonchev–Trinajstić information content (AvgIpc) is 0.918. The highest BCUT2D eigenvalue weighted by Gasteiger charge is 2.59. The molecule has 1 aliphatic carbocycles. The Bertz CT molecular complexity index is 2950. The molecule has 0 aromatic carbocycles. The second-order valence-electron chi connectivity index (χ2n) is 30.2. The Hall–Kier alpha value is -3.78. The van der Waals surface area contributed by atoms with E-state index in [-0.39, 0.29) is 48.2 Å². The van der Waals surface area contributed by atoms with Crippen molar-refractivity contribution >= 4 is 23.4 Å². The Balaban J connectivity index is 0.933. The van der Waals surface area contributed by atoms with Crippen molar-refractivity contribution in [1.29, 1.82) is 0 Å². The van der Waals surface area contributed by atoms with E-state index in [9.17, 15) is 106 Å². The number of hydrogen-bond donors (Lipinski definition) is 19. The molecule has 23 aliphatic rings. The van der Waals surface area contributed by atoms with Gasteiger partial charge in [-0.3, -0.25) is 19.2 Å². The van der Waals surface area contributed by atoms with Crippen LogP contribution in [0.5, 0.6) is 0 Å². The van der Waals surface area contributed by atoms with Gasteiger partial charge in [0.15, 0.2) is 43.5 Å². The lowest BCUT2D eigenvalue weighted by Gasteiger charge is -2.50. The highest BCUT2D eigenvalue weighted by molar-refractivity contribution is 5.93. The first-order chi connectivity index (χ1) is 50.9. The van der Waals surface area contributed by atoms with Gasteiger partial charge < -0.3 is 159 Å². The monoisotopic (exact) mass is 1540 g/mol. The third-order valence-corrected chi connectivity index (χ3v) is 21.1. The number of Topliss-reactive ketones (excluding diaryl/α,β-unsaturated/α-hetero) is 2. The lowest BCUT2D eigenvalue weighted by molar-refractivity contribution is -0.403. The highest BCUT2D eigenvalue weighted by Crippen LogP contribution is 2.40. The standard InChI is InChI=1S/C68H113N5O34/c1-26(2)17-30(62(94)70-41(27(3)4)32(79)18-29(7)43(81)28(5)6)13-11-12-16-69-40(80)25-95-33-15-10-8-9-14-31-42(33)71-72-73(31)19-34-56-44(82)50(88)63(96-34)103-57-35(20-74)98-65(52(90)46(57)84)105-59-37(22-76)100-67(54(92)48(59)86)107-61-39(24-78)101-68(55(93)49(61)87)106-60-38(23-77)99-66(53(91)47(60)85)104-58-36(21-75)97-64(102-56)51(89)45(58)83/h26-30,33-39,41,44-61,63-68,74-78,82-93H,8-25H2,1-7H3,(H,69,80)(H,70,94)/t29-,30+,33?,34?,35?,36?,37?,38?,39?,41+,44?,45?,46?,47?,48?,49?,50?,51?,52?,53?,54?,55?,56?,57?,58?,59?,60?,61?,63?,64?,65?,66?,67?,68?/m1/s1. The molecular weight excluding hydrogens is 1430 g/mol. The summed E-state index contributed by atoms with van der Waals surface area (Å²) in [6.07, 6.45) is -56.4. The van der Waals surface area contributed by atoms with E-state index in [1.165, 1.54) is 4.68 Å². The van der Waals surface area contributed by atoms with Crippen LogP contribution in [0.2, 0.25) is 0 Å². The molecule has 31 unspecified atom stereocenters. The van der Waals surface area contributed by atoms with E-state index in [1.807, 2.05) is 27.7 Å². The van der Waals surface area contributed by atoms with Gasteiger partial charge in [0.1, 0.15) is 171 Å². The Labute approximate surface area is 617 Å². The van der Waals surface area contributed by atoms with Gasteiger partial charge in [0.05, 0.1) is 51.3 Å². The van der Waals surface area contributed by atoms with Gasteiger partial charge in [0.25, 0.3) is 0 Å². The lowest BCUT2D eigenvalue weighted by atomic mass is 9.87. The summed E-state index contributed by atoms with van der Waals surface area (Å²) in [4.78, 5) is 53.3. The van der Waals surface area contributed by atoms with Crippen LogP contribution in [-0.4, -0.2) is 362 Å². The normalized spacial score (nSPS) is 41.2. The minimum atomic E-state index is -2.23. The number of aliphatic hydroxyl groups excluding tert-OH is 17. The fourth-order valence-corrected chi connectivity index (χ4v) is 15.1. The molecule has 107 heavy (non-hydrogen) atoms. The first-order valence-corrected chi connectivity index (χ1v) is 37.1. The Morgan fingerprint density at radius 1 is 0.495 bits per heavy atom. The maximum atomic E-state index is 13.8. The van der Waals surface area contributed by atoms with Gasteiger partial charge in [0.2, 0.25) is 11.8 Å². The molecule has 1 aromatic rings. The molecule has 39 heteroatoms. The predicted molar refractivity (Wildman–Crippen MR) is 355 cm³/mol. The molecule has 22 saturated heterocycles. The fourth-order valence-electron chi connectivity index (χ4n) is 15.1. The van der Waals surface area contributed by atoms with Crippen LogP contribution in [0.1, 0.15) is 124 Å². The number of aromatic nitrogens is 3. The zero-order valence-electron chi connectivity index (χ0n) is 61.0. The first kappa shape index (κ1) is 87.2. The van der Waals surface area contributed by atoms with Crippen molar-refractivity contribution in [2.45, 2.75) is 316 Å². The molecule has 1 aromatic heterocycles. The summed E-state index contributed by atoms with van der Waals surface area (Å²) < 4.78 is 78.8. The first-order valence-electron chi connectivity index (χ1n) is 37.1. The number of unbranched alkanes of at least 4 members (excludes halogenated alkanes) is 1. The van der Waals surface area contributed by atoms with Crippen molar-refractivity contribution in [2.75, 3.05) is 46.2 Å². The van der Waals surface area contributed by atoms with E-state index in [0.717, 1.165) is 0 Å². The number of hydrogen-bond acceptors (Lipinski definition) is 36. The van der Waals surface area contributed by atoms with Crippen LogP contribution in [0, 0.1) is 29.6 Å². The van der Waals surface area contributed by atoms with Gasteiger partial charge in [0, 0.05) is 30.7 Å². The number of carbonyl (C=O) groups is 4. The number of ether oxygens (including phenoxy) is 13. The number of carbonyl (C=O) groups excluding carboxylic acids is 4. The van der Waals surface area contributed by atoms with Crippen LogP contribution >= 0.6 is 0 Å². The van der Waals surface area contributed by atoms with Crippen molar-refractivity contribution in [3.63, 3.8) is 0 Å². The van der Waals surface area contributed by atoms with E-state index < -0.39 is 260 Å². The SMILES string of the molecule is CC(C)C[C@H](CCCCNC(=O)COC1CCCCCc2c1nnn2CC1OC2OC3C(CO)OC(OC4C(CO)OC(OC5C(CO)OC(OC6C(CO)OC(OC7C(CO)OC(OC1C(O)C2O)C(O)C7O)C(O)C6O)C(O)C5O)C(O)C4O)C(O)C3O)C(=O)N[C@H](C(=O)C[C@@H](C)C(=O)C(C)C)C(C)C. The molecule has 0 radical (unpaired) electrons. The minimum Gasteiger partial charge on any atom is -0.394 e. The maximum absolute atomic E-state index is 13.8. The number of nitrogens with one attached hydrogen (secondary N) is 2. The van der Waals surface area contributed by atoms with Crippen LogP contribution < -0.4 is 10.6 Å². The molecule has 19 N–H and O–H groups in total. The summed E-state index contributed by atoms with van der Waals surface area (Å²) in [7, 11) is 0. The molecule has 22 fully saturated rings. The number of nitrogens with zero attached hydrogens (tertiary/aromatic N) is 3. The van der Waals surface area contributed by atoms with E-state index in [4.69, 9.17) is 61.6 Å². The molecule has 2 amide bonds. The van der Waals surface area contributed by atoms with Crippen LogP contribution in [0.4, 0.5) is 0 Å². The maximum Gasteiger partial charge on any atom is 0.246 e. The van der Waals surface area contributed by atoms with E-state index in [1.54, 1.807) is 20.8 Å². The molecule has 24 rings (SSSR count). The quantitative estimate of drug-likeness (QED) is 0.0404. The molecule has 39 nitrogen and oxygen atoms in total. The average molecular weight is 1540 g/mol. The molecular formula is C68H113N5O34. The van der Waals surface area contributed by atoms with E-state index in [0.29, 0.717) is 69.2 Å². The minimum absolute atomic E-state index is 0.0189. The van der Waals surface area contributed by atoms with Crippen LogP contribution in [0.15, 0.2) is 0 Å². The number of amides is 2. The Morgan fingerprint density at radius 2 is 0.879 bits per heavy atom. The van der Waals surface area contributed by atoms with Gasteiger partial charge in [-0.2, -0.15) is 0 Å². The Kier molecular flexibility index (Phi) is 32.0. The Morgan fingerprint density at radius 3 is 1.24 bits per heavy atom. The lowest BCUT2D eigenvalue weighted by Crippen LogP contribution is -2.69. The zero-order chi connectivity index (χ0) is 78.2. The van der Waals surface area contributed by atoms with Crippen LogP contribution in [0.3, 0.4) is 0 Å². The smallest absolute Gasteiger partial charge is 0.246 e. The van der Waals surface area contributed by atoms with Crippen molar-refractivity contribution in [1.82, 2.24) is 25.6 Å². The molecule has 12 bridgehead atoms. The summed E-state index contributed by atoms with van der Waals surface area (Å²) in [6.45, 7) is 7.14. The molecule has 614 valence electrons. The van der Waals surface area contributed by atoms with Gasteiger partial charge in [-0.05, 0) is 50.4 Å². The van der Waals surface area contributed by atoms with E-state index in [2.05, 4.69) is 20.9 Å². The summed E-state index contributed by atoms with van der Waals surface area (Å²) in [5.41, 5.74) is 0.768. The number of fused-ring (bicyclic) bond motifs is 1. The van der Waals surface area contributed by atoms with Gasteiger partial charge in [-0.25, -0.2) is 4.68 Å². The van der Waals surface area contributed by atoms with Crippen LogP contribution in [-0.2, 0) is 93.7 Å². The van der Waals surface area contributed by atoms with Gasteiger partial charge in [-0.1, -0.05) is 72.9 Å². The van der Waals surface area contributed by atoms with Gasteiger partial charge in [-0.15, -0.1) is 5.10 Å². The zero-order valence-corrected chi connectivity index (χ0v) is 61.0. The van der Waals surface area contributed by atoms with Crippen molar-refractivity contribution in [3.8, 4) is 0 Å². The highest BCUT2D eigenvalue weighted by atomic mass is 16.8. The largest absolute Gasteiger partial charge is 0.394 e. The number of rotatable bonds is 25.